The van der Waals surface area contributed by atoms with E-state index in [1.54, 1.807) is 0 Å². The summed E-state index contributed by atoms with van der Waals surface area (Å²) in [5.74, 6) is 1.50. The van der Waals surface area contributed by atoms with Gasteiger partial charge in [0.05, 0.1) is 12.5 Å². The molecule has 1 atom stereocenters. The number of carbonyl (C=O) groups is 1. The molecule has 1 aliphatic heterocycles. The minimum absolute atomic E-state index is 0. The predicted molar refractivity (Wildman–Crippen MR) is 105 cm³/mol. The van der Waals surface area contributed by atoms with E-state index in [2.05, 4.69) is 5.32 Å². The molecule has 0 aliphatic carbocycles. The molecule has 0 radical (unpaired) electrons. The number of hydrogen-bond donors (Lipinski definition) is 1. The molecule has 4 nitrogen and oxygen atoms in total. The first kappa shape index (κ1) is 20.3. The molecule has 0 spiro atoms. The van der Waals surface area contributed by atoms with Gasteiger partial charge in [-0.2, -0.15) is 0 Å². The van der Waals surface area contributed by atoms with Gasteiger partial charge in [0.15, 0.2) is 0 Å². The summed E-state index contributed by atoms with van der Waals surface area (Å²) < 4.78 is 11.4. The van der Waals surface area contributed by atoms with Crippen molar-refractivity contribution in [2.75, 3.05) is 19.7 Å². The van der Waals surface area contributed by atoms with E-state index >= 15 is 0 Å². The smallest absolute Gasteiger partial charge is 0.313 e. The first-order valence-electron chi connectivity index (χ1n) is 8.92. The molecule has 1 aliphatic rings. The highest BCUT2D eigenvalue weighted by atomic mass is 35.5. The molecule has 1 fully saturated rings. The van der Waals surface area contributed by atoms with Gasteiger partial charge in [0.1, 0.15) is 11.5 Å². The molecule has 1 unspecified atom stereocenters. The summed E-state index contributed by atoms with van der Waals surface area (Å²) in [7, 11) is 0. The van der Waals surface area contributed by atoms with E-state index in [9.17, 15) is 4.79 Å². The molecule has 26 heavy (non-hydrogen) atoms. The van der Waals surface area contributed by atoms with Crippen molar-refractivity contribution in [2.24, 2.45) is 5.92 Å². The SMILES string of the molecule is CC(C(=O)OCC1CCNCC1)c1cccc(Oc2ccccc2)c1.Cl. The Morgan fingerprint density at radius 1 is 1.08 bits per heavy atom. The van der Waals surface area contributed by atoms with Crippen molar-refractivity contribution >= 4 is 18.4 Å². The normalized spacial score (nSPS) is 15.6. The van der Waals surface area contributed by atoms with Crippen LogP contribution < -0.4 is 10.1 Å². The molecule has 2 aromatic rings. The van der Waals surface area contributed by atoms with E-state index in [4.69, 9.17) is 9.47 Å². The second kappa shape index (κ2) is 10.2. The van der Waals surface area contributed by atoms with Crippen LogP contribution in [-0.2, 0) is 9.53 Å². The van der Waals surface area contributed by atoms with E-state index in [0.29, 0.717) is 12.5 Å². The van der Waals surface area contributed by atoms with Crippen LogP contribution in [0, 0.1) is 5.92 Å². The zero-order valence-corrected chi connectivity index (χ0v) is 15.8. The van der Waals surface area contributed by atoms with Gasteiger partial charge < -0.3 is 14.8 Å². The van der Waals surface area contributed by atoms with Gasteiger partial charge in [-0.3, -0.25) is 4.79 Å². The third-order valence-electron chi connectivity index (χ3n) is 4.61. The van der Waals surface area contributed by atoms with E-state index in [0.717, 1.165) is 43.0 Å². The molecule has 0 aromatic heterocycles. The molecule has 1 N–H and O–H groups in total. The van der Waals surface area contributed by atoms with Gasteiger partial charge in [0.2, 0.25) is 0 Å². The Hall–Kier alpha value is -2.04. The number of halogens is 1. The molecule has 0 saturated carbocycles. The van der Waals surface area contributed by atoms with E-state index < -0.39 is 0 Å². The largest absolute Gasteiger partial charge is 0.465 e. The molecule has 0 amide bonds. The average molecular weight is 376 g/mol. The van der Waals surface area contributed by atoms with E-state index in [-0.39, 0.29) is 24.3 Å². The third kappa shape index (κ3) is 5.75. The Labute approximate surface area is 161 Å². The van der Waals surface area contributed by atoms with Crippen LogP contribution in [0.15, 0.2) is 54.6 Å². The number of nitrogens with one attached hydrogen (secondary N) is 1. The molecular formula is C21H26ClNO3. The van der Waals surface area contributed by atoms with Crippen molar-refractivity contribution in [2.45, 2.75) is 25.7 Å². The molecule has 3 rings (SSSR count). The number of benzene rings is 2. The second-order valence-corrected chi connectivity index (χ2v) is 6.53. The minimum atomic E-state index is -0.305. The lowest BCUT2D eigenvalue weighted by molar-refractivity contribution is -0.146. The molecule has 5 heteroatoms. The van der Waals surface area contributed by atoms with Gasteiger partial charge in [0, 0.05) is 0 Å². The summed E-state index contributed by atoms with van der Waals surface area (Å²) in [5.41, 5.74) is 0.906. The fraction of sp³-hybridized carbons (Fsp3) is 0.381. The predicted octanol–water partition coefficient (Wildman–Crippen LogP) is 4.55. The van der Waals surface area contributed by atoms with Crippen molar-refractivity contribution in [3.63, 3.8) is 0 Å². The molecule has 0 bridgehead atoms. The van der Waals surface area contributed by atoms with Crippen molar-refractivity contribution in [1.29, 1.82) is 0 Å². The summed E-state index contributed by atoms with van der Waals surface area (Å²) in [6, 6.07) is 17.3. The first-order valence-corrected chi connectivity index (χ1v) is 8.92. The molecule has 1 saturated heterocycles. The van der Waals surface area contributed by atoms with Crippen LogP contribution in [0.3, 0.4) is 0 Å². The van der Waals surface area contributed by atoms with Crippen molar-refractivity contribution in [3.8, 4) is 11.5 Å². The summed E-state index contributed by atoms with van der Waals surface area (Å²) in [6.45, 7) is 4.42. The summed E-state index contributed by atoms with van der Waals surface area (Å²) in [5, 5.41) is 3.32. The van der Waals surface area contributed by atoms with Crippen molar-refractivity contribution < 1.29 is 14.3 Å². The van der Waals surface area contributed by atoms with Crippen LogP contribution in [-0.4, -0.2) is 25.7 Å². The van der Waals surface area contributed by atoms with Crippen molar-refractivity contribution in [3.05, 3.63) is 60.2 Å². The van der Waals surface area contributed by atoms with Gasteiger partial charge in [-0.15, -0.1) is 12.4 Å². The highest BCUT2D eigenvalue weighted by molar-refractivity contribution is 5.85. The standard InChI is InChI=1S/C21H25NO3.ClH/c1-16(21(23)24-15-17-10-12-22-13-11-17)18-6-5-9-20(14-18)25-19-7-3-2-4-8-19;/h2-9,14,16-17,22H,10-13,15H2,1H3;1H. The lowest BCUT2D eigenvalue weighted by Crippen LogP contribution is -2.31. The summed E-state index contributed by atoms with van der Waals surface area (Å²) >= 11 is 0. The van der Waals surface area contributed by atoms with Gasteiger partial charge in [-0.1, -0.05) is 30.3 Å². The zero-order valence-electron chi connectivity index (χ0n) is 15.0. The zero-order chi connectivity index (χ0) is 17.5. The topological polar surface area (TPSA) is 47.6 Å². The van der Waals surface area contributed by atoms with Crippen LogP contribution in [0.25, 0.3) is 0 Å². The summed E-state index contributed by atoms with van der Waals surface area (Å²) in [4.78, 5) is 12.4. The van der Waals surface area contributed by atoms with Crippen LogP contribution in [0.1, 0.15) is 31.2 Å². The number of carbonyl (C=O) groups excluding carboxylic acids is 1. The van der Waals surface area contributed by atoms with E-state index in [1.165, 1.54) is 0 Å². The van der Waals surface area contributed by atoms with Crippen LogP contribution >= 0.6 is 12.4 Å². The third-order valence-corrected chi connectivity index (χ3v) is 4.61. The molecule has 2 aromatic carbocycles. The van der Waals surface area contributed by atoms with Crippen molar-refractivity contribution in [1.82, 2.24) is 5.32 Å². The number of rotatable bonds is 6. The highest BCUT2D eigenvalue weighted by Gasteiger charge is 2.20. The van der Waals surface area contributed by atoms with Gasteiger partial charge in [-0.25, -0.2) is 0 Å². The lowest BCUT2D eigenvalue weighted by atomic mass is 9.99. The number of esters is 1. The Bertz CT molecular complexity index is 687. The molecular weight excluding hydrogens is 350 g/mol. The number of hydrogen-bond acceptors (Lipinski definition) is 4. The van der Waals surface area contributed by atoms with E-state index in [1.807, 2.05) is 61.5 Å². The fourth-order valence-electron chi connectivity index (χ4n) is 2.98. The number of ether oxygens (including phenoxy) is 2. The van der Waals surface area contributed by atoms with Crippen LogP contribution in [0.5, 0.6) is 11.5 Å². The maximum atomic E-state index is 12.4. The fourth-order valence-corrected chi connectivity index (χ4v) is 2.98. The molecule has 140 valence electrons. The molecule has 1 heterocycles. The second-order valence-electron chi connectivity index (χ2n) is 6.53. The summed E-state index contributed by atoms with van der Waals surface area (Å²) in [6.07, 6.45) is 2.14. The Balaban J connectivity index is 0.00000243. The van der Waals surface area contributed by atoms with Crippen LogP contribution in [0.4, 0.5) is 0 Å². The Kier molecular flexibility index (Phi) is 7.95. The Morgan fingerprint density at radius 2 is 1.77 bits per heavy atom. The minimum Gasteiger partial charge on any atom is -0.465 e. The quantitative estimate of drug-likeness (QED) is 0.752. The maximum absolute atomic E-state index is 12.4. The van der Waals surface area contributed by atoms with Crippen LogP contribution in [0.2, 0.25) is 0 Å². The highest BCUT2D eigenvalue weighted by Crippen LogP contribution is 2.26. The lowest BCUT2D eigenvalue weighted by Gasteiger charge is -2.23. The Morgan fingerprint density at radius 3 is 2.50 bits per heavy atom. The number of para-hydroxylation sites is 1. The monoisotopic (exact) mass is 375 g/mol. The maximum Gasteiger partial charge on any atom is 0.313 e. The van der Waals surface area contributed by atoms with Gasteiger partial charge in [0.25, 0.3) is 0 Å². The average Bonchev–Trinajstić information content (AvgIpc) is 2.67. The first-order chi connectivity index (χ1) is 12.2. The van der Waals surface area contributed by atoms with Gasteiger partial charge >= 0.3 is 5.97 Å². The van der Waals surface area contributed by atoms with Gasteiger partial charge in [-0.05, 0) is 68.6 Å². The number of piperidine rings is 1.